The van der Waals surface area contributed by atoms with Crippen LogP contribution in [-0.4, -0.2) is 40.0 Å². The predicted molar refractivity (Wildman–Crippen MR) is 92.6 cm³/mol. The molecule has 0 aliphatic carbocycles. The molecule has 1 amide bonds. The van der Waals surface area contributed by atoms with Gasteiger partial charge >= 0.3 is 5.97 Å². The molecule has 8 heteroatoms. The summed E-state index contributed by atoms with van der Waals surface area (Å²) in [5, 5.41) is 9.53. The molecule has 0 unspecified atom stereocenters. The quantitative estimate of drug-likeness (QED) is 0.749. The zero-order valence-electron chi connectivity index (χ0n) is 13.6. The number of aromatic nitrogens is 1. The zero-order valence-corrected chi connectivity index (χ0v) is 14.4. The molecule has 1 fully saturated rings. The van der Waals surface area contributed by atoms with E-state index in [-0.39, 0.29) is 23.1 Å². The van der Waals surface area contributed by atoms with Gasteiger partial charge in [0.2, 0.25) is 0 Å². The molecule has 0 atom stereocenters. The first kappa shape index (κ1) is 16.7. The van der Waals surface area contributed by atoms with Crippen LogP contribution in [-0.2, 0) is 0 Å². The van der Waals surface area contributed by atoms with Gasteiger partial charge in [-0.1, -0.05) is 11.6 Å². The van der Waals surface area contributed by atoms with Crippen LogP contribution in [0.5, 0.6) is 0 Å². The van der Waals surface area contributed by atoms with E-state index < -0.39 is 5.97 Å². The van der Waals surface area contributed by atoms with Crippen LogP contribution in [0.25, 0.3) is 11.1 Å². The summed E-state index contributed by atoms with van der Waals surface area (Å²) in [5.41, 5.74) is 1.39. The van der Waals surface area contributed by atoms with Gasteiger partial charge in [0.15, 0.2) is 17.2 Å². The topological polar surface area (TPSA) is 96.8 Å². The molecule has 3 heterocycles. The first-order valence-electron chi connectivity index (χ1n) is 8.18. The number of oxazole rings is 1. The van der Waals surface area contributed by atoms with Crippen LogP contribution < -0.4 is 0 Å². The summed E-state index contributed by atoms with van der Waals surface area (Å²) in [6.45, 7) is 1.04. The van der Waals surface area contributed by atoms with Crippen LogP contribution in [0.15, 0.2) is 39.4 Å². The van der Waals surface area contributed by atoms with Gasteiger partial charge in [0.1, 0.15) is 11.8 Å². The van der Waals surface area contributed by atoms with Gasteiger partial charge in [-0.15, -0.1) is 0 Å². The Morgan fingerprint density at radius 3 is 2.69 bits per heavy atom. The van der Waals surface area contributed by atoms with Crippen LogP contribution in [0.1, 0.15) is 45.6 Å². The second-order valence-corrected chi connectivity index (χ2v) is 6.67. The lowest BCUT2D eigenvalue weighted by Gasteiger charge is -2.29. The first-order chi connectivity index (χ1) is 12.5. The molecule has 3 aromatic rings. The fraction of sp³-hybridized carbons (Fsp3) is 0.278. The molecule has 0 bridgehead atoms. The van der Waals surface area contributed by atoms with E-state index in [1.807, 2.05) is 0 Å². The van der Waals surface area contributed by atoms with Crippen molar-refractivity contribution in [2.75, 3.05) is 13.1 Å². The smallest absolute Gasteiger partial charge is 0.338 e. The van der Waals surface area contributed by atoms with Crippen molar-refractivity contribution in [1.82, 2.24) is 9.88 Å². The first-order valence-corrected chi connectivity index (χ1v) is 8.56. The molecular weight excluding hydrogens is 360 g/mol. The number of benzene rings is 1. The Labute approximate surface area is 153 Å². The van der Waals surface area contributed by atoms with E-state index in [2.05, 4.69) is 4.98 Å². The Morgan fingerprint density at radius 2 is 2.00 bits per heavy atom. The lowest BCUT2D eigenvalue weighted by molar-refractivity contribution is 0.0671. The van der Waals surface area contributed by atoms with Gasteiger partial charge in [-0.2, -0.15) is 0 Å². The Morgan fingerprint density at radius 1 is 1.23 bits per heavy atom. The Bertz CT molecular complexity index is 985. The number of carbonyl (C=O) groups excluding carboxylic acids is 1. The van der Waals surface area contributed by atoms with Gasteiger partial charge in [0.25, 0.3) is 5.91 Å². The number of hydrogen-bond acceptors (Lipinski definition) is 5. The van der Waals surface area contributed by atoms with E-state index in [0.29, 0.717) is 42.4 Å². The van der Waals surface area contributed by atoms with Gasteiger partial charge < -0.3 is 18.8 Å². The number of rotatable bonds is 3. The maximum absolute atomic E-state index is 12.4. The molecule has 134 valence electrons. The van der Waals surface area contributed by atoms with Crippen molar-refractivity contribution in [3.8, 4) is 0 Å². The van der Waals surface area contributed by atoms with E-state index in [4.69, 9.17) is 25.5 Å². The van der Waals surface area contributed by atoms with Crippen molar-refractivity contribution in [2.45, 2.75) is 18.8 Å². The van der Waals surface area contributed by atoms with Gasteiger partial charge in [-0.25, -0.2) is 9.78 Å². The Balaban J connectivity index is 1.44. The molecular formula is C18H15ClN2O5. The molecule has 0 saturated carbocycles. The number of carboxylic acid groups (broad SMARTS) is 1. The minimum Gasteiger partial charge on any atom is -0.478 e. The number of fused-ring (bicyclic) bond motifs is 1. The largest absolute Gasteiger partial charge is 0.478 e. The number of carbonyl (C=O) groups is 2. The van der Waals surface area contributed by atoms with E-state index in [1.54, 1.807) is 23.1 Å². The normalized spacial score (nSPS) is 15.5. The highest BCUT2D eigenvalue weighted by atomic mass is 35.5. The molecule has 1 N–H and O–H groups in total. The summed E-state index contributed by atoms with van der Waals surface area (Å²) >= 11 is 5.98. The highest BCUT2D eigenvalue weighted by molar-refractivity contribution is 6.31. The van der Waals surface area contributed by atoms with Crippen molar-refractivity contribution in [3.63, 3.8) is 0 Å². The van der Waals surface area contributed by atoms with Crippen LogP contribution >= 0.6 is 11.6 Å². The number of piperidine rings is 1. The molecule has 2 aromatic heterocycles. The summed E-state index contributed by atoms with van der Waals surface area (Å²) in [7, 11) is 0. The molecule has 0 radical (unpaired) electrons. The lowest BCUT2D eigenvalue weighted by Crippen LogP contribution is -2.37. The highest BCUT2D eigenvalue weighted by Gasteiger charge is 2.29. The van der Waals surface area contributed by atoms with Gasteiger partial charge in [-0.3, -0.25) is 4.79 Å². The van der Waals surface area contributed by atoms with Gasteiger partial charge in [0.05, 0.1) is 5.56 Å². The zero-order chi connectivity index (χ0) is 18.3. The maximum Gasteiger partial charge on any atom is 0.338 e. The number of likely N-dealkylation sites (tertiary alicyclic amines) is 1. The second-order valence-electron chi connectivity index (χ2n) is 6.24. The molecule has 0 spiro atoms. The van der Waals surface area contributed by atoms with Crippen molar-refractivity contribution in [3.05, 3.63) is 52.8 Å². The van der Waals surface area contributed by atoms with Crippen molar-refractivity contribution in [2.24, 2.45) is 0 Å². The number of furan rings is 1. The number of halogens is 1. The van der Waals surface area contributed by atoms with Crippen molar-refractivity contribution >= 4 is 34.6 Å². The predicted octanol–water partition coefficient (Wildman–Crippen LogP) is 3.79. The monoisotopic (exact) mass is 374 g/mol. The van der Waals surface area contributed by atoms with Crippen molar-refractivity contribution < 1.29 is 23.5 Å². The number of aromatic carboxylic acids is 1. The van der Waals surface area contributed by atoms with E-state index in [1.165, 1.54) is 6.07 Å². The Kier molecular flexibility index (Phi) is 4.16. The van der Waals surface area contributed by atoms with E-state index in [0.717, 1.165) is 11.8 Å². The summed E-state index contributed by atoms with van der Waals surface area (Å²) in [6, 6.07) is 6.57. The minimum absolute atomic E-state index is 0.0339. The molecule has 1 aliphatic heterocycles. The van der Waals surface area contributed by atoms with Crippen molar-refractivity contribution in [1.29, 1.82) is 0 Å². The molecule has 1 aromatic carbocycles. The third kappa shape index (κ3) is 3.06. The minimum atomic E-state index is -1.12. The maximum atomic E-state index is 12.4. The van der Waals surface area contributed by atoms with Crippen LogP contribution in [0.4, 0.5) is 0 Å². The molecule has 4 rings (SSSR count). The molecule has 26 heavy (non-hydrogen) atoms. The third-order valence-corrected chi connectivity index (χ3v) is 4.79. The average Bonchev–Trinajstić information content (AvgIpc) is 3.28. The number of carboxylic acids is 1. The summed E-state index contributed by atoms with van der Waals surface area (Å²) in [6.07, 6.45) is 2.49. The SMILES string of the molecule is O=C(O)c1coc(C(=O)N2CCC(c3nc4cc(Cl)ccc4o3)CC2)c1. The molecule has 1 saturated heterocycles. The number of hydrogen-bond donors (Lipinski definition) is 1. The standard InChI is InChI=1S/C18H15ClN2O5/c19-12-1-2-14-13(8-12)20-16(26-14)10-3-5-21(6-4-10)17(22)15-7-11(9-25-15)18(23)24/h1-2,7-10H,3-6H2,(H,23,24). The van der Waals surface area contributed by atoms with Gasteiger partial charge in [-0.05, 0) is 31.0 Å². The van der Waals surface area contributed by atoms with Crippen LogP contribution in [0.2, 0.25) is 5.02 Å². The van der Waals surface area contributed by atoms with E-state index >= 15 is 0 Å². The van der Waals surface area contributed by atoms with Crippen LogP contribution in [0, 0.1) is 0 Å². The average molecular weight is 375 g/mol. The van der Waals surface area contributed by atoms with E-state index in [9.17, 15) is 9.59 Å². The fourth-order valence-corrected chi connectivity index (χ4v) is 3.31. The van der Waals surface area contributed by atoms with Crippen LogP contribution in [0.3, 0.4) is 0 Å². The number of nitrogens with zero attached hydrogens (tertiary/aromatic N) is 2. The molecule has 1 aliphatic rings. The number of amides is 1. The lowest BCUT2D eigenvalue weighted by atomic mass is 9.96. The molecule has 7 nitrogen and oxygen atoms in total. The highest BCUT2D eigenvalue weighted by Crippen LogP contribution is 2.31. The summed E-state index contributed by atoms with van der Waals surface area (Å²) in [4.78, 5) is 29.5. The third-order valence-electron chi connectivity index (χ3n) is 4.55. The summed E-state index contributed by atoms with van der Waals surface area (Å²) in [5.74, 6) is -0.614. The fourth-order valence-electron chi connectivity index (χ4n) is 3.14. The van der Waals surface area contributed by atoms with Gasteiger partial charge in [0, 0.05) is 30.1 Å². The second kappa shape index (κ2) is 6.49. The summed E-state index contributed by atoms with van der Waals surface area (Å²) < 4.78 is 10.9. The Hall–Kier alpha value is -2.80.